The summed E-state index contributed by atoms with van der Waals surface area (Å²) in [5.74, 6) is -0.969. The van der Waals surface area contributed by atoms with Crippen LogP contribution >= 0.6 is 0 Å². The van der Waals surface area contributed by atoms with Crippen molar-refractivity contribution in [3.8, 4) is 0 Å². The highest BCUT2D eigenvalue weighted by atomic mass is 16.4. The third-order valence-electron chi connectivity index (χ3n) is 2.70. The molecule has 0 aliphatic heterocycles. The molecule has 0 aliphatic carbocycles. The number of aromatic nitrogens is 1. The standard InChI is InChI=1S/C14H14N2O4/c17-13(6-3-10-2-1-7-15-8-10)16-9-11-4-5-12(20-11)14(18)19/h1-2,4-5,7-8H,3,6,9H2,(H,16,17)(H,18,19). The van der Waals surface area contributed by atoms with Gasteiger partial charge in [-0.3, -0.25) is 9.78 Å². The third-order valence-corrected chi connectivity index (χ3v) is 2.70. The van der Waals surface area contributed by atoms with Gasteiger partial charge < -0.3 is 14.8 Å². The van der Waals surface area contributed by atoms with Crippen LogP contribution in [0.2, 0.25) is 0 Å². The van der Waals surface area contributed by atoms with Crippen molar-refractivity contribution in [1.82, 2.24) is 10.3 Å². The van der Waals surface area contributed by atoms with Gasteiger partial charge >= 0.3 is 5.97 Å². The number of nitrogens with zero attached hydrogens (tertiary/aromatic N) is 1. The number of nitrogens with one attached hydrogen (secondary N) is 1. The van der Waals surface area contributed by atoms with E-state index in [2.05, 4.69) is 10.3 Å². The van der Waals surface area contributed by atoms with E-state index >= 15 is 0 Å². The van der Waals surface area contributed by atoms with Gasteiger partial charge in [-0.2, -0.15) is 0 Å². The number of pyridine rings is 1. The molecule has 0 aliphatic rings. The number of carboxylic acids is 1. The molecule has 104 valence electrons. The van der Waals surface area contributed by atoms with E-state index in [0.29, 0.717) is 18.6 Å². The molecule has 2 rings (SSSR count). The van der Waals surface area contributed by atoms with Crippen molar-refractivity contribution in [2.24, 2.45) is 0 Å². The normalized spacial score (nSPS) is 10.2. The first kappa shape index (κ1) is 13.8. The average molecular weight is 274 g/mol. The Hall–Kier alpha value is -2.63. The summed E-state index contributed by atoms with van der Waals surface area (Å²) in [4.78, 5) is 26.2. The summed E-state index contributed by atoms with van der Waals surface area (Å²) < 4.78 is 5.03. The monoisotopic (exact) mass is 274 g/mol. The molecule has 0 unspecified atom stereocenters. The van der Waals surface area contributed by atoms with Crippen LogP contribution in [0.3, 0.4) is 0 Å². The molecule has 0 aromatic carbocycles. The number of amides is 1. The number of furan rings is 1. The number of hydrogen-bond acceptors (Lipinski definition) is 4. The lowest BCUT2D eigenvalue weighted by atomic mass is 10.1. The minimum atomic E-state index is -1.13. The molecule has 0 spiro atoms. The SMILES string of the molecule is O=C(CCc1cccnc1)NCc1ccc(C(=O)O)o1. The smallest absolute Gasteiger partial charge is 0.371 e. The average Bonchev–Trinajstić information content (AvgIpc) is 2.93. The fourth-order valence-corrected chi connectivity index (χ4v) is 1.67. The summed E-state index contributed by atoms with van der Waals surface area (Å²) in [5, 5.41) is 11.4. The van der Waals surface area contributed by atoms with Crippen molar-refractivity contribution in [3.63, 3.8) is 0 Å². The van der Waals surface area contributed by atoms with Gasteiger partial charge in [0.05, 0.1) is 6.54 Å². The highest BCUT2D eigenvalue weighted by molar-refractivity contribution is 5.84. The molecule has 0 saturated carbocycles. The maximum atomic E-state index is 11.6. The molecule has 2 aromatic rings. The van der Waals surface area contributed by atoms with Crippen molar-refractivity contribution >= 4 is 11.9 Å². The molecule has 6 heteroatoms. The molecule has 1 amide bonds. The van der Waals surface area contributed by atoms with Crippen LogP contribution in [-0.2, 0) is 17.8 Å². The highest BCUT2D eigenvalue weighted by Crippen LogP contribution is 2.07. The van der Waals surface area contributed by atoms with Crippen molar-refractivity contribution in [3.05, 3.63) is 53.7 Å². The molecule has 20 heavy (non-hydrogen) atoms. The Balaban J connectivity index is 1.76. The van der Waals surface area contributed by atoms with Crippen LogP contribution in [-0.4, -0.2) is 22.0 Å². The molecule has 0 bridgehead atoms. The van der Waals surface area contributed by atoms with E-state index < -0.39 is 5.97 Å². The van der Waals surface area contributed by atoms with Crippen LogP contribution in [0.4, 0.5) is 0 Å². The van der Waals surface area contributed by atoms with Crippen LogP contribution in [0.5, 0.6) is 0 Å². The molecular weight excluding hydrogens is 260 g/mol. The van der Waals surface area contributed by atoms with Gasteiger partial charge in [0.1, 0.15) is 5.76 Å². The van der Waals surface area contributed by atoms with Crippen LogP contribution in [0.15, 0.2) is 41.1 Å². The van der Waals surface area contributed by atoms with Gasteiger partial charge in [-0.25, -0.2) is 4.79 Å². The van der Waals surface area contributed by atoms with Gasteiger partial charge in [-0.05, 0) is 30.2 Å². The van der Waals surface area contributed by atoms with Crippen LogP contribution in [0.25, 0.3) is 0 Å². The second kappa shape index (κ2) is 6.51. The number of carbonyl (C=O) groups is 2. The predicted molar refractivity (Wildman–Crippen MR) is 70.1 cm³/mol. The Morgan fingerprint density at radius 3 is 2.80 bits per heavy atom. The molecule has 2 N–H and O–H groups in total. The van der Waals surface area contributed by atoms with E-state index in [0.717, 1.165) is 5.56 Å². The van der Waals surface area contributed by atoms with Crippen molar-refractivity contribution in [2.45, 2.75) is 19.4 Å². The zero-order valence-corrected chi connectivity index (χ0v) is 10.7. The summed E-state index contributed by atoms with van der Waals surface area (Å²) in [7, 11) is 0. The quantitative estimate of drug-likeness (QED) is 0.835. The summed E-state index contributed by atoms with van der Waals surface area (Å²) in [6, 6.07) is 6.62. The molecule has 0 atom stereocenters. The van der Waals surface area contributed by atoms with Gasteiger partial charge in [0.25, 0.3) is 0 Å². The van der Waals surface area contributed by atoms with E-state index in [1.54, 1.807) is 12.4 Å². The number of rotatable bonds is 6. The summed E-state index contributed by atoms with van der Waals surface area (Å²) in [6.07, 6.45) is 4.36. The van der Waals surface area contributed by atoms with Gasteiger partial charge in [0.2, 0.25) is 11.7 Å². The van der Waals surface area contributed by atoms with Crippen molar-refractivity contribution < 1.29 is 19.1 Å². The lowest BCUT2D eigenvalue weighted by Crippen LogP contribution is -2.22. The van der Waals surface area contributed by atoms with E-state index in [-0.39, 0.29) is 18.2 Å². The van der Waals surface area contributed by atoms with Crippen molar-refractivity contribution in [1.29, 1.82) is 0 Å². The number of hydrogen-bond donors (Lipinski definition) is 2. The fraction of sp³-hybridized carbons (Fsp3) is 0.214. The molecule has 0 saturated heterocycles. The largest absolute Gasteiger partial charge is 0.475 e. The van der Waals surface area contributed by atoms with E-state index in [4.69, 9.17) is 9.52 Å². The minimum absolute atomic E-state index is 0.123. The summed E-state index contributed by atoms with van der Waals surface area (Å²) in [5.41, 5.74) is 0.994. The lowest BCUT2D eigenvalue weighted by molar-refractivity contribution is -0.121. The van der Waals surface area contributed by atoms with Gasteiger partial charge in [0.15, 0.2) is 0 Å². The third kappa shape index (κ3) is 3.94. The zero-order valence-electron chi connectivity index (χ0n) is 10.7. The van der Waals surface area contributed by atoms with Crippen LogP contribution in [0.1, 0.15) is 28.3 Å². The topological polar surface area (TPSA) is 92.4 Å². The fourth-order valence-electron chi connectivity index (χ4n) is 1.67. The molecule has 6 nitrogen and oxygen atoms in total. The molecule has 2 heterocycles. The number of aromatic carboxylic acids is 1. The zero-order chi connectivity index (χ0) is 14.4. The first-order valence-electron chi connectivity index (χ1n) is 6.13. The first-order valence-corrected chi connectivity index (χ1v) is 6.13. The predicted octanol–water partition coefficient (Wildman–Crippen LogP) is 1.62. The Morgan fingerprint density at radius 2 is 2.15 bits per heavy atom. The molecule has 2 aromatic heterocycles. The van der Waals surface area contributed by atoms with Gasteiger partial charge in [-0.15, -0.1) is 0 Å². The maximum Gasteiger partial charge on any atom is 0.371 e. The van der Waals surface area contributed by atoms with E-state index in [1.165, 1.54) is 12.1 Å². The Kier molecular flexibility index (Phi) is 4.49. The van der Waals surface area contributed by atoms with Crippen LogP contribution < -0.4 is 5.32 Å². The Morgan fingerprint density at radius 1 is 1.30 bits per heavy atom. The highest BCUT2D eigenvalue weighted by Gasteiger charge is 2.09. The summed E-state index contributed by atoms with van der Waals surface area (Å²) >= 11 is 0. The minimum Gasteiger partial charge on any atom is -0.475 e. The second-order valence-corrected chi connectivity index (χ2v) is 4.21. The Labute approximate surface area is 115 Å². The van der Waals surface area contributed by atoms with Gasteiger partial charge in [0, 0.05) is 18.8 Å². The number of carboxylic acid groups (broad SMARTS) is 1. The Bertz CT molecular complexity index is 592. The molecule has 0 radical (unpaired) electrons. The van der Waals surface area contributed by atoms with E-state index in [9.17, 15) is 9.59 Å². The van der Waals surface area contributed by atoms with Crippen molar-refractivity contribution in [2.75, 3.05) is 0 Å². The van der Waals surface area contributed by atoms with E-state index in [1.807, 2.05) is 12.1 Å². The second-order valence-electron chi connectivity index (χ2n) is 4.21. The maximum absolute atomic E-state index is 11.6. The summed E-state index contributed by atoms with van der Waals surface area (Å²) in [6.45, 7) is 0.180. The van der Waals surface area contributed by atoms with Crippen LogP contribution in [0, 0.1) is 0 Å². The molecular formula is C14H14N2O4. The van der Waals surface area contributed by atoms with Gasteiger partial charge in [-0.1, -0.05) is 6.07 Å². The number of carbonyl (C=O) groups excluding carboxylic acids is 1. The lowest BCUT2D eigenvalue weighted by Gasteiger charge is -2.03. The first-order chi connectivity index (χ1) is 9.65. The number of aryl methyl sites for hydroxylation is 1. The molecule has 0 fully saturated rings.